The molecule has 1 spiro atoms. The largest absolute Gasteiger partial charge is 0.393 e. The molecule has 1 saturated heterocycles. The lowest BCUT2D eigenvalue weighted by molar-refractivity contribution is -0.0697. The molecule has 12 atom stereocenters. The lowest BCUT2D eigenvalue weighted by Gasteiger charge is -2.58. The van der Waals surface area contributed by atoms with Gasteiger partial charge in [0.1, 0.15) is 6.17 Å². The molecule has 5 saturated carbocycles. The first-order valence-corrected chi connectivity index (χ1v) is 20.7. The minimum atomic E-state index is -0.687. The van der Waals surface area contributed by atoms with Crippen LogP contribution in [0.15, 0.2) is 52.5 Å². The van der Waals surface area contributed by atoms with Crippen molar-refractivity contribution in [3.05, 3.63) is 48.0 Å². The van der Waals surface area contributed by atoms with Gasteiger partial charge in [0, 0.05) is 25.4 Å². The SMILES string of the molecule is C=C1CC2(CCC(CCC3(O)CCCC(O)C3)C2)C2OC2(C)CCC2C1CC2(C)C1CCC(C(NC(N)=NC)NC(N)=NCCc2ccccc2)C1. The molecule has 6 aliphatic rings. The number of guanidine groups is 2. The Morgan fingerprint density at radius 1 is 1.00 bits per heavy atom. The van der Waals surface area contributed by atoms with Crippen LogP contribution in [0.5, 0.6) is 0 Å². The summed E-state index contributed by atoms with van der Waals surface area (Å²) in [6, 6.07) is 10.4. The van der Waals surface area contributed by atoms with E-state index >= 15 is 0 Å². The number of benzene rings is 1. The van der Waals surface area contributed by atoms with Crippen LogP contribution in [0.2, 0.25) is 0 Å². The summed E-state index contributed by atoms with van der Waals surface area (Å²) < 4.78 is 6.74. The van der Waals surface area contributed by atoms with Crippen LogP contribution in [0.25, 0.3) is 0 Å². The zero-order valence-electron chi connectivity index (χ0n) is 32.3. The number of nitrogens with one attached hydrogen (secondary N) is 2. The van der Waals surface area contributed by atoms with E-state index in [2.05, 4.69) is 58.7 Å². The first-order valence-electron chi connectivity index (χ1n) is 20.7. The van der Waals surface area contributed by atoms with Crippen molar-refractivity contribution in [3.8, 4) is 0 Å². The van der Waals surface area contributed by atoms with Crippen LogP contribution < -0.4 is 22.1 Å². The maximum atomic E-state index is 11.3. The number of nitrogens with zero attached hydrogens (tertiary/aromatic N) is 2. The van der Waals surface area contributed by atoms with Gasteiger partial charge in [0.05, 0.1) is 23.4 Å². The lowest BCUT2D eigenvalue weighted by atomic mass is 9.46. The molecule has 6 fully saturated rings. The number of hydrogen-bond donors (Lipinski definition) is 6. The molecule has 12 unspecified atom stereocenters. The molecule has 9 nitrogen and oxygen atoms in total. The molecular formula is C43H68N6O3. The van der Waals surface area contributed by atoms with E-state index < -0.39 is 5.60 Å². The molecule has 1 heterocycles. The highest BCUT2D eigenvalue weighted by Crippen LogP contribution is 2.69. The number of nitrogens with two attached hydrogens (primary N) is 2. The first-order chi connectivity index (χ1) is 24.8. The van der Waals surface area contributed by atoms with Crippen LogP contribution in [0.1, 0.15) is 122 Å². The molecule has 7 rings (SSSR count). The maximum Gasteiger partial charge on any atom is 0.190 e. The van der Waals surface area contributed by atoms with Gasteiger partial charge in [-0.05, 0) is 150 Å². The van der Waals surface area contributed by atoms with Gasteiger partial charge in [-0.15, -0.1) is 0 Å². The van der Waals surface area contributed by atoms with Crippen molar-refractivity contribution in [3.63, 3.8) is 0 Å². The van der Waals surface area contributed by atoms with Crippen molar-refractivity contribution in [1.29, 1.82) is 0 Å². The number of aliphatic hydroxyl groups is 2. The zero-order chi connectivity index (χ0) is 36.7. The molecule has 1 aromatic rings. The highest BCUT2D eigenvalue weighted by molar-refractivity contribution is 5.81. The number of allylic oxidation sites excluding steroid dienone is 1. The number of rotatable bonds is 10. The fourth-order valence-corrected chi connectivity index (χ4v) is 12.3. The van der Waals surface area contributed by atoms with Gasteiger partial charge in [-0.25, -0.2) is 0 Å². The molecule has 288 valence electrons. The van der Waals surface area contributed by atoms with Gasteiger partial charge >= 0.3 is 0 Å². The Bertz CT molecular complexity index is 1490. The van der Waals surface area contributed by atoms with Gasteiger partial charge < -0.3 is 37.1 Å². The summed E-state index contributed by atoms with van der Waals surface area (Å²) in [5.41, 5.74) is 15.1. The summed E-state index contributed by atoms with van der Waals surface area (Å²) in [7, 11) is 1.71. The third kappa shape index (κ3) is 7.79. The molecular weight excluding hydrogens is 649 g/mol. The third-order valence-corrected chi connectivity index (χ3v) is 15.3. The van der Waals surface area contributed by atoms with Gasteiger partial charge in [-0.3, -0.25) is 9.98 Å². The predicted octanol–water partition coefficient (Wildman–Crippen LogP) is 6.18. The van der Waals surface area contributed by atoms with Gasteiger partial charge in [0.25, 0.3) is 0 Å². The Morgan fingerprint density at radius 2 is 1.79 bits per heavy atom. The molecule has 5 aliphatic carbocycles. The number of fused-ring (bicyclic) bond motifs is 3. The predicted molar refractivity (Wildman–Crippen MR) is 209 cm³/mol. The van der Waals surface area contributed by atoms with E-state index in [1.807, 2.05) is 6.07 Å². The second-order valence-electron chi connectivity index (χ2n) is 18.7. The van der Waals surface area contributed by atoms with E-state index in [0.717, 1.165) is 64.2 Å². The quantitative estimate of drug-likeness (QED) is 0.0556. The van der Waals surface area contributed by atoms with Crippen LogP contribution in [-0.4, -0.2) is 65.3 Å². The second-order valence-corrected chi connectivity index (χ2v) is 18.7. The van der Waals surface area contributed by atoms with Crippen LogP contribution in [0, 0.1) is 40.4 Å². The van der Waals surface area contributed by atoms with E-state index in [9.17, 15) is 10.2 Å². The number of epoxide rings is 1. The van der Waals surface area contributed by atoms with Crippen molar-refractivity contribution in [2.75, 3.05) is 13.6 Å². The molecule has 0 aromatic heterocycles. The molecule has 8 N–H and O–H groups in total. The van der Waals surface area contributed by atoms with Gasteiger partial charge in [-0.2, -0.15) is 0 Å². The normalized spacial score (nSPS) is 42.7. The third-order valence-electron chi connectivity index (χ3n) is 15.3. The highest BCUT2D eigenvalue weighted by Gasteiger charge is 2.67. The van der Waals surface area contributed by atoms with Gasteiger partial charge in [0.2, 0.25) is 0 Å². The van der Waals surface area contributed by atoms with Gasteiger partial charge in [0.15, 0.2) is 11.9 Å². The molecule has 0 amide bonds. The van der Waals surface area contributed by atoms with E-state index in [1.165, 1.54) is 49.7 Å². The smallest absolute Gasteiger partial charge is 0.190 e. The fourth-order valence-electron chi connectivity index (χ4n) is 12.3. The molecule has 9 heteroatoms. The fraction of sp³-hybridized carbons (Fsp3) is 0.767. The summed E-state index contributed by atoms with van der Waals surface area (Å²) in [5.74, 6) is 3.70. The summed E-state index contributed by atoms with van der Waals surface area (Å²) in [6.45, 7) is 10.4. The summed E-state index contributed by atoms with van der Waals surface area (Å²) in [5, 5.41) is 28.4. The lowest BCUT2D eigenvalue weighted by Crippen LogP contribution is -2.56. The Morgan fingerprint density at radius 3 is 2.56 bits per heavy atom. The van der Waals surface area contributed by atoms with Crippen LogP contribution in [0.3, 0.4) is 0 Å². The molecule has 0 radical (unpaired) electrons. The van der Waals surface area contributed by atoms with Crippen molar-refractivity contribution in [1.82, 2.24) is 10.6 Å². The standard InChI is InChI=1S/C43H68N6O3/c1-28-24-42(20-14-30(25-42)15-21-43(51)18-8-11-33(50)26-43)37-41(3,52-37)19-16-35-34(28)27-40(35,2)32-13-12-31(23-32)36(48-38(44)46-4)49-39(45)47-22-17-29-9-6-5-7-10-29/h5-7,9-10,30-37,50-51H,1,8,11-27H2,2-4H3,(H3,44,46,48)(H3,45,47,49). The summed E-state index contributed by atoms with van der Waals surface area (Å²) in [6.07, 6.45) is 17.4. The van der Waals surface area contributed by atoms with Crippen molar-refractivity contribution in [2.45, 2.75) is 153 Å². The number of hydrogen-bond acceptors (Lipinski definition) is 5. The van der Waals surface area contributed by atoms with E-state index in [4.69, 9.17) is 22.8 Å². The van der Waals surface area contributed by atoms with Crippen LogP contribution >= 0.6 is 0 Å². The van der Waals surface area contributed by atoms with E-state index in [-0.39, 0.29) is 28.7 Å². The van der Waals surface area contributed by atoms with E-state index in [0.29, 0.717) is 60.6 Å². The molecule has 1 aliphatic heterocycles. The number of aliphatic hydroxyl groups excluding tert-OH is 1. The topological polar surface area (TPSA) is 154 Å². The number of ether oxygens (including phenoxy) is 1. The van der Waals surface area contributed by atoms with Crippen molar-refractivity contribution >= 4 is 11.9 Å². The molecule has 1 aromatic carbocycles. The summed E-state index contributed by atoms with van der Waals surface area (Å²) >= 11 is 0. The second kappa shape index (κ2) is 14.9. The molecule has 0 bridgehead atoms. The van der Waals surface area contributed by atoms with E-state index in [1.54, 1.807) is 7.05 Å². The van der Waals surface area contributed by atoms with Crippen LogP contribution in [-0.2, 0) is 11.2 Å². The Labute approximate surface area is 312 Å². The molecule has 52 heavy (non-hydrogen) atoms. The monoisotopic (exact) mass is 717 g/mol. The average Bonchev–Trinajstić information content (AvgIpc) is 3.41. The van der Waals surface area contributed by atoms with Crippen molar-refractivity contribution in [2.24, 2.45) is 61.9 Å². The van der Waals surface area contributed by atoms with Crippen molar-refractivity contribution < 1.29 is 14.9 Å². The Kier molecular flexibility index (Phi) is 10.8. The van der Waals surface area contributed by atoms with Gasteiger partial charge in [-0.1, -0.05) is 49.4 Å². The zero-order valence-corrected chi connectivity index (χ0v) is 32.3. The minimum Gasteiger partial charge on any atom is -0.393 e. The Hall–Kier alpha value is -2.62. The highest BCUT2D eigenvalue weighted by atomic mass is 16.6. The average molecular weight is 717 g/mol. The Balaban J connectivity index is 0.978. The summed E-state index contributed by atoms with van der Waals surface area (Å²) in [4.78, 5) is 8.86. The minimum absolute atomic E-state index is 0.0300. The first kappa shape index (κ1) is 37.7. The maximum absolute atomic E-state index is 11.3. The number of aliphatic imine (C=N–C) groups is 2. The van der Waals surface area contributed by atoms with Crippen LogP contribution in [0.4, 0.5) is 0 Å².